The minimum absolute atomic E-state index is 0.189. The van der Waals surface area contributed by atoms with Gasteiger partial charge < -0.3 is 14.3 Å². The lowest BCUT2D eigenvalue weighted by atomic mass is 10.2. The largest absolute Gasteiger partial charge is 0.469 e. The minimum Gasteiger partial charge on any atom is -0.469 e. The lowest BCUT2D eigenvalue weighted by molar-refractivity contribution is 0.529. The first-order valence-electron chi connectivity index (χ1n) is 5.07. The Morgan fingerprint density at radius 3 is 3.00 bits per heavy atom. The van der Waals surface area contributed by atoms with Crippen LogP contribution in [0.2, 0.25) is 0 Å². The molecule has 17 heavy (non-hydrogen) atoms. The van der Waals surface area contributed by atoms with E-state index >= 15 is 0 Å². The standard InChI is InChI=1S/C11H12BrN3O2/c1-7-8(3-4-17-7)5-15(2)10-9(12)11(16)14-6-13-10/h3-4,6H,5H2,1-2H3,(H,13,14,16). The summed E-state index contributed by atoms with van der Waals surface area (Å²) >= 11 is 3.23. The molecule has 0 saturated heterocycles. The fraction of sp³-hybridized carbons (Fsp3) is 0.273. The molecule has 0 amide bonds. The van der Waals surface area contributed by atoms with Gasteiger partial charge in [-0.15, -0.1) is 0 Å². The SMILES string of the molecule is Cc1occc1CN(C)c1nc[nH]c(=O)c1Br. The third-order valence-corrected chi connectivity index (χ3v) is 3.23. The number of hydrogen-bond donors (Lipinski definition) is 1. The molecular weight excluding hydrogens is 286 g/mol. The van der Waals surface area contributed by atoms with Gasteiger partial charge in [0.2, 0.25) is 0 Å². The van der Waals surface area contributed by atoms with Gasteiger partial charge in [0.1, 0.15) is 16.1 Å². The van der Waals surface area contributed by atoms with Gasteiger partial charge >= 0.3 is 0 Å². The Balaban J connectivity index is 2.26. The zero-order chi connectivity index (χ0) is 12.4. The Labute approximate surface area is 107 Å². The number of aromatic nitrogens is 2. The summed E-state index contributed by atoms with van der Waals surface area (Å²) in [4.78, 5) is 20.0. The first-order chi connectivity index (χ1) is 8.09. The van der Waals surface area contributed by atoms with E-state index in [1.807, 2.05) is 24.9 Å². The summed E-state index contributed by atoms with van der Waals surface area (Å²) in [6, 6.07) is 1.91. The molecule has 0 saturated carbocycles. The number of halogens is 1. The van der Waals surface area contributed by atoms with E-state index in [0.717, 1.165) is 11.3 Å². The van der Waals surface area contributed by atoms with Gasteiger partial charge in [-0.25, -0.2) is 4.98 Å². The van der Waals surface area contributed by atoms with E-state index in [-0.39, 0.29) is 5.56 Å². The second-order valence-electron chi connectivity index (χ2n) is 3.73. The number of H-pyrrole nitrogens is 1. The molecule has 2 aromatic rings. The highest BCUT2D eigenvalue weighted by Crippen LogP contribution is 2.20. The van der Waals surface area contributed by atoms with Crippen LogP contribution >= 0.6 is 15.9 Å². The highest BCUT2D eigenvalue weighted by molar-refractivity contribution is 9.10. The second-order valence-corrected chi connectivity index (χ2v) is 4.52. The molecule has 0 aromatic carbocycles. The molecular formula is C11H12BrN3O2. The third kappa shape index (κ3) is 2.41. The van der Waals surface area contributed by atoms with Crippen LogP contribution in [-0.2, 0) is 6.54 Å². The first-order valence-corrected chi connectivity index (χ1v) is 5.86. The Morgan fingerprint density at radius 1 is 1.59 bits per heavy atom. The molecule has 5 nitrogen and oxygen atoms in total. The van der Waals surface area contributed by atoms with Crippen LogP contribution < -0.4 is 10.5 Å². The molecule has 0 spiro atoms. The molecule has 0 aliphatic rings. The number of nitrogens with zero attached hydrogens (tertiary/aromatic N) is 2. The number of rotatable bonds is 3. The van der Waals surface area contributed by atoms with Crippen molar-refractivity contribution in [1.82, 2.24) is 9.97 Å². The summed E-state index contributed by atoms with van der Waals surface area (Å²) in [5.41, 5.74) is 0.882. The fourth-order valence-corrected chi connectivity index (χ4v) is 2.06. The van der Waals surface area contributed by atoms with E-state index in [4.69, 9.17) is 4.42 Å². The van der Waals surface area contributed by atoms with E-state index < -0.39 is 0 Å². The minimum atomic E-state index is -0.189. The predicted molar refractivity (Wildman–Crippen MR) is 68.1 cm³/mol. The lowest BCUT2D eigenvalue weighted by Crippen LogP contribution is -2.21. The van der Waals surface area contributed by atoms with E-state index in [9.17, 15) is 4.79 Å². The van der Waals surface area contributed by atoms with Crippen LogP contribution in [0.25, 0.3) is 0 Å². The van der Waals surface area contributed by atoms with Crippen molar-refractivity contribution < 1.29 is 4.42 Å². The molecule has 90 valence electrons. The molecule has 0 aliphatic heterocycles. The molecule has 1 N–H and O–H groups in total. The summed E-state index contributed by atoms with van der Waals surface area (Å²) in [6.45, 7) is 2.54. The van der Waals surface area contributed by atoms with Gasteiger partial charge in [-0.2, -0.15) is 0 Å². The average Bonchev–Trinajstić information content (AvgIpc) is 2.68. The lowest BCUT2D eigenvalue weighted by Gasteiger charge is -2.18. The van der Waals surface area contributed by atoms with Crippen molar-refractivity contribution in [2.45, 2.75) is 13.5 Å². The van der Waals surface area contributed by atoms with Crippen molar-refractivity contribution in [2.75, 3.05) is 11.9 Å². The number of nitrogens with one attached hydrogen (secondary N) is 1. The predicted octanol–water partition coefficient (Wildman–Crippen LogP) is 2.07. The molecule has 2 rings (SSSR count). The Kier molecular flexibility index (Phi) is 3.33. The molecule has 0 fully saturated rings. The maximum atomic E-state index is 11.4. The van der Waals surface area contributed by atoms with Gasteiger partial charge in [0.25, 0.3) is 5.56 Å². The molecule has 0 aliphatic carbocycles. The van der Waals surface area contributed by atoms with E-state index in [0.29, 0.717) is 16.8 Å². The van der Waals surface area contributed by atoms with Crippen LogP contribution in [0.15, 0.2) is 32.3 Å². The maximum absolute atomic E-state index is 11.4. The van der Waals surface area contributed by atoms with Crippen molar-refractivity contribution in [3.8, 4) is 0 Å². The van der Waals surface area contributed by atoms with E-state index in [2.05, 4.69) is 25.9 Å². The highest BCUT2D eigenvalue weighted by Gasteiger charge is 2.12. The van der Waals surface area contributed by atoms with Crippen molar-refractivity contribution in [3.05, 3.63) is 44.8 Å². The zero-order valence-electron chi connectivity index (χ0n) is 9.53. The number of furan rings is 1. The Hall–Kier alpha value is -1.56. The fourth-order valence-electron chi connectivity index (χ4n) is 1.55. The van der Waals surface area contributed by atoms with Crippen molar-refractivity contribution in [2.24, 2.45) is 0 Å². The first kappa shape index (κ1) is 11.9. The highest BCUT2D eigenvalue weighted by atomic mass is 79.9. The molecule has 6 heteroatoms. The number of anilines is 1. The smallest absolute Gasteiger partial charge is 0.267 e. The third-order valence-electron chi connectivity index (χ3n) is 2.51. The van der Waals surface area contributed by atoms with Gasteiger partial charge in [0, 0.05) is 19.2 Å². The van der Waals surface area contributed by atoms with Crippen LogP contribution in [0, 0.1) is 6.92 Å². The van der Waals surface area contributed by atoms with Crippen LogP contribution in [0.4, 0.5) is 5.82 Å². The van der Waals surface area contributed by atoms with E-state index in [1.54, 1.807) is 6.26 Å². The summed E-state index contributed by atoms with van der Waals surface area (Å²) in [7, 11) is 1.87. The van der Waals surface area contributed by atoms with Gasteiger partial charge in [-0.05, 0) is 28.9 Å². The number of hydrogen-bond acceptors (Lipinski definition) is 4. The summed E-state index contributed by atoms with van der Waals surface area (Å²) in [5, 5.41) is 0. The van der Waals surface area contributed by atoms with Crippen molar-refractivity contribution in [1.29, 1.82) is 0 Å². The quantitative estimate of drug-likeness (QED) is 0.942. The van der Waals surface area contributed by atoms with Crippen LogP contribution in [0.3, 0.4) is 0 Å². The van der Waals surface area contributed by atoms with Gasteiger partial charge in [0.05, 0.1) is 12.6 Å². The average molecular weight is 298 g/mol. The van der Waals surface area contributed by atoms with Gasteiger partial charge in [0.15, 0.2) is 0 Å². The van der Waals surface area contributed by atoms with Gasteiger partial charge in [-0.3, -0.25) is 4.79 Å². The van der Waals surface area contributed by atoms with Crippen molar-refractivity contribution in [3.63, 3.8) is 0 Å². The van der Waals surface area contributed by atoms with Crippen LogP contribution in [0.5, 0.6) is 0 Å². The van der Waals surface area contributed by atoms with Crippen molar-refractivity contribution >= 4 is 21.7 Å². The Bertz CT molecular complexity index is 576. The molecule has 0 bridgehead atoms. The summed E-state index contributed by atoms with van der Waals surface area (Å²) < 4.78 is 5.66. The topological polar surface area (TPSA) is 62.1 Å². The Morgan fingerprint density at radius 2 is 2.35 bits per heavy atom. The molecule has 2 heterocycles. The number of aromatic amines is 1. The summed E-state index contributed by atoms with van der Waals surface area (Å²) in [5.74, 6) is 1.48. The number of aryl methyl sites for hydroxylation is 1. The molecule has 0 unspecified atom stereocenters. The molecule has 2 aromatic heterocycles. The molecule has 0 radical (unpaired) electrons. The maximum Gasteiger partial charge on any atom is 0.267 e. The summed E-state index contributed by atoms with van der Waals surface area (Å²) in [6.07, 6.45) is 3.04. The molecule has 0 atom stereocenters. The zero-order valence-corrected chi connectivity index (χ0v) is 11.1. The van der Waals surface area contributed by atoms with Crippen LogP contribution in [0.1, 0.15) is 11.3 Å². The monoisotopic (exact) mass is 297 g/mol. The van der Waals surface area contributed by atoms with Crippen LogP contribution in [-0.4, -0.2) is 17.0 Å². The van der Waals surface area contributed by atoms with E-state index in [1.165, 1.54) is 6.33 Å². The normalized spacial score (nSPS) is 10.5. The second kappa shape index (κ2) is 4.75. The van der Waals surface area contributed by atoms with Gasteiger partial charge in [-0.1, -0.05) is 0 Å².